The Morgan fingerprint density at radius 1 is 1.17 bits per heavy atom. The molecule has 0 radical (unpaired) electrons. The van der Waals surface area contributed by atoms with Gasteiger partial charge in [0.2, 0.25) is 0 Å². The van der Waals surface area contributed by atoms with E-state index in [1.54, 1.807) is 0 Å². The Morgan fingerprint density at radius 2 is 1.89 bits per heavy atom. The maximum atomic E-state index is 6.09. The number of hydrogen-bond acceptors (Lipinski definition) is 4. The fourth-order valence-electron chi connectivity index (χ4n) is 1.82. The van der Waals surface area contributed by atoms with Gasteiger partial charge in [-0.05, 0) is 23.6 Å². The fourth-order valence-corrected chi connectivity index (χ4v) is 1.82. The highest BCUT2D eigenvalue weighted by molar-refractivity contribution is 5.44. The molecule has 100 valence electrons. The molecule has 2 rings (SSSR count). The second-order valence-electron chi connectivity index (χ2n) is 4.94. The van der Waals surface area contributed by atoms with Gasteiger partial charge in [0.25, 0.3) is 0 Å². The second-order valence-corrected chi connectivity index (χ2v) is 4.94. The largest absolute Gasteiger partial charge is 0.486 e. The molecule has 1 aliphatic heterocycles. The number of hydrogen-bond donors (Lipinski definition) is 1. The minimum absolute atomic E-state index is 0.125. The fraction of sp³-hybridized carbons (Fsp3) is 0.571. The predicted octanol–water partition coefficient (Wildman–Crippen LogP) is 2.13. The van der Waals surface area contributed by atoms with Crippen LogP contribution in [0.4, 0.5) is 0 Å². The molecule has 1 aliphatic rings. The van der Waals surface area contributed by atoms with Crippen LogP contribution in [0.15, 0.2) is 18.2 Å². The summed E-state index contributed by atoms with van der Waals surface area (Å²) in [6.07, 6.45) is 0. The molecule has 4 nitrogen and oxygen atoms in total. The summed E-state index contributed by atoms with van der Waals surface area (Å²) in [4.78, 5) is 0. The van der Waals surface area contributed by atoms with Crippen LogP contribution in [0.25, 0.3) is 0 Å². The Labute approximate surface area is 108 Å². The van der Waals surface area contributed by atoms with Gasteiger partial charge in [0.1, 0.15) is 13.2 Å². The lowest BCUT2D eigenvalue weighted by atomic mass is 10.1. The third-order valence-electron chi connectivity index (χ3n) is 2.74. The topological polar surface area (TPSA) is 53.7 Å². The van der Waals surface area contributed by atoms with E-state index in [1.807, 2.05) is 18.2 Å². The SMILES string of the molecule is CC(C)COCC(N)c1ccc2c(c1)OCCO2. The monoisotopic (exact) mass is 251 g/mol. The average molecular weight is 251 g/mol. The van der Waals surface area contributed by atoms with Crippen LogP contribution in [-0.2, 0) is 4.74 Å². The van der Waals surface area contributed by atoms with Crippen molar-refractivity contribution in [2.24, 2.45) is 11.7 Å². The van der Waals surface area contributed by atoms with Gasteiger partial charge in [-0.1, -0.05) is 19.9 Å². The lowest BCUT2D eigenvalue weighted by Crippen LogP contribution is -2.20. The molecule has 4 heteroatoms. The van der Waals surface area contributed by atoms with Crippen molar-refractivity contribution in [2.45, 2.75) is 19.9 Å². The molecule has 0 saturated heterocycles. The maximum absolute atomic E-state index is 6.09. The normalized spacial score (nSPS) is 15.8. The maximum Gasteiger partial charge on any atom is 0.161 e. The van der Waals surface area contributed by atoms with Gasteiger partial charge >= 0.3 is 0 Å². The molecule has 0 aromatic heterocycles. The van der Waals surface area contributed by atoms with E-state index in [2.05, 4.69) is 13.8 Å². The second kappa shape index (κ2) is 6.07. The molecule has 0 spiro atoms. The Hall–Kier alpha value is -1.26. The van der Waals surface area contributed by atoms with Crippen molar-refractivity contribution in [2.75, 3.05) is 26.4 Å². The van der Waals surface area contributed by atoms with Crippen LogP contribution in [0.3, 0.4) is 0 Å². The Morgan fingerprint density at radius 3 is 2.61 bits per heavy atom. The summed E-state index contributed by atoms with van der Waals surface area (Å²) in [5, 5.41) is 0. The van der Waals surface area contributed by atoms with E-state index >= 15 is 0 Å². The summed E-state index contributed by atoms with van der Waals surface area (Å²) < 4.78 is 16.6. The first-order chi connectivity index (χ1) is 8.66. The molecule has 0 bridgehead atoms. The number of benzene rings is 1. The minimum Gasteiger partial charge on any atom is -0.486 e. The van der Waals surface area contributed by atoms with Gasteiger partial charge in [0.05, 0.1) is 12.6 Å². The Balaban J connectivity index is 1.95. The highest BCUT2D eigenvalue weighted by Gasteiger charge is 2.14. The van der Waals surface area contributed by atoms with Gasteiger partial charge in [-0.2, -0.15) is 0 Å². The van der Waals surface area contributed by atoms with Crippen molar-refractivity contribution in [3.8, 4) is 11.5 Å². The third-order valence-corrected chi connectivity index (χ3v) is 2.74. The van der Waals surface area contributed by atoms with E-state index in [0.717, 1.165) is 23.7 Å². The van der Waals surface area contributed by atoms with Gasteiger partial charge in [-0.3, -0.25) is 0 Å². The molecule has 1 heterocycles. The molecule has 0 saturated carbocycles. The predicted molar refractivity (Wildman–Crippen MR) is 70.0 cm³/mol. The summed E-state index contributed by atoms with van der Waals surface area (Å²) in [6.45, 7) is 6.70. The molecule has 0 aliphatic carbocycles. The zero-order valence-corrected chi connectivity index (χ0v) is 11.0. The molecule has 2 N–H and O–H groups in total. The highest BCUT2D eigenvalue weighted by atomic mass is 16.6. The van der Waals surface area contributed by atoms with E-state index < -0.39 is 0 Å². The molecule has 1 aromatic carbocycles. The smallest absolute Gasteiger partial charge is 0.161 e. The molecular formula is C14H21NO3. The van der Waals surface area contributed by atoms with Crippen molar-refractivity contribution in [3.05, 3.63) is 23.8 Å². The summed E-state index contributed by atoms with van der Waals surface area (Å²) in [7, 11) is 0. The number of ether oxygens (including phenoxy) is 3. The Bertz CT molecular complexity index is 393. The quantitative estimate of drug-likeness (QED) is 0.871. The first-order valence-corrected chi connectivity index (χ1v) is 6.39. The zero-order valence-electron chi connectivity index (χ0n) is 11.0. The molecule has 18 heavy (non-hydrogen) atoms. The molecule has 0 amide bonds. The lowest BCUT2D eigenvalue weighted by Gasteiger charge is -2.20. The van der Waals surface area contributed by atoms with Crippen LogP contribution in [0.1, 0.15) is 25.5 Å². The van der Waals surface area contributed by atoms with Crippen LogP contribution >= 0.6 is 0 Å². The van der Waals surface area contributed by atoms with Crippen molar-refractivity contribution < 1.29 is 14.2 Å². The first-order valence-electron chi connectivity index (χ1n) is 6.39. The van der Waals surface area contributed by atoms with Crippen LogP contribution in [0, 0.1) is 5.92 Å². The van der Waals surface area contributed by atoms with Crippen LogP contribution in [0.2, 0.25) is 0 Å². The number of nitrogens with two attached hydrogens (primary N) is 1. The third kappa shape index (κ3) is 3.37. The summed E-state index contributed by atoms with van der Waals surface area (Å²) in [5.74, 6) is 2.09. The van der Waals surface area contributed by atoms with E-state index in [4.69, 9.17) is 19.9 Å². The van der Waals surface area contributed by atoms with Crippen LogP contribution in [-0.4, -0.2) is 26.4 Å². The van der Waals surface area contributed by atoms with E-state index in [0.29, 0.717) is 25.7 Å². The molecule has 1 atom stereocenters. The van der Waals surface area contributed by atoms with Gasteiger partial charge in [-0.25, -0.2) is 0 Å². The van der Waals surface area contributed by atoms with Crippen molar-refractivity contribution in [3.63, 3.8) is 0 Å². The summed E-state index contributed by atoms with van der Waals surface area (Å²) in [6, 6.07) is 5.69. The van der Waals surface area contributed by atoms with E-state index in [-0.39, 0.29) is 6.04 Å². The van der Waals surface area contributed by atoms with Crippen LogP contribution < -0.4 is 15.2 Å². The van der Waals surface area contributed by atoms with Crippen molar-refractivity contribution in [1.29, 1.82) is 0 Å². The van der Waals surface area contributed by atoms with E-state index in [9.17, 15) is 0 Å². The molecular weight excluding hydrogens is 230 g/mol. The number of rotatable bonds is 5. The Kier molecular flexibility index (Phi) is 4.44. The summed E-state index contributed by atoms with van der Waals surface area (Å²) >= 11 is 0. The highest BCUT2D eigenvalue weighted by Crippen LogP contribution is 2.32. The zero-order chi connectivity index (χ0) is 13.0. The molecule has 1 aromatic rings. The molecule has 0 fully saturated rings. The average Bonchev–Trinajstić information content (AvgIpc) is 2.37. The standard InChI is InChI=1S/C14H21NO3/c1-10(2)8-16-9-12(15)11-3-4-13-14(7-11)18-6-5-17-13/h3-4,7,10,12H,5-6,8-9,15H2,1-2H3. The minimum atomic E-state index is -0.125. The first kappa shape index (κ1) is 13.2. The lowest BCUT2D eigenvalue weighted by molar-refractivity contribution is 0.0981. The van der Waals surface area contributed by atoms with Crippen molar-refractivity contribution in [1.82, 2.24) is 0 Å². The van der Waals surface area contributed by atoms with Crippen molar-refractivity contribution >= 4 is 0 Å². The van der Waals surface area contributed by atoms with Gasteiger partial charge in [0.15, 0.2) is 11.5 Å². The molecule has 1 unspecified atom stereocenters. The van der Waals surface area contributed by atoms with Gasteiger partial charge in [-0.15, -0.1) is 0 Å². The van der Waals surface area contributed by atoms with Gasteiger partial charge in [0, 0.05) is 6.61 Å². The summed E-state index contributed by atoms with van der Waals surface area (Å²) in [5.41, 5.74) is 7.11. The van der Waals surface area contributed by atoms with Gasteiger partial charge < -0.3 is 19.9 Å². The van der Waals surface area contributed by atoms with Crippen LogP contribution in [0.5, 0.6) is 11.5 Å². The van der Waals surface area contributed by atoms with E-state index in [1.165, 1.54) is 0 Å². The number of fused-ring (bicyclic) bond motifs is 1.